The van der Waals surface area contributed by atoms with Gasteiger partial charge in [-0.15, -0.1) is 0 Å². The van der Waals surface area contributed by atoms with Gasteiger partial charge in [0.05, 0.1) is 0 Å². The van der Waals surface area contributed by atoms with Crippen LogP contribution in [-0.4, -0.2) is 0 Å². The van der Waals surface area contributed by atoms with E-state index < -0.39 is 0 Å². The van der Waals surface area contributed by atoms with Crippen LogP contribution in [-0.2, 0) is 0 Å². The van der Waals surface area contributed by atoms with Gasteiger partial charge in [0, 0.05) is 11.1 Å². The van der Waals surface area contributed by atoms with Crippen LogP contribution in [0.25, 0.3) is 5.57 Å². The average Bonchev–Trinajstić information content (AvgIpc) is 2.78. The Balaban J connectivity index is 2.07. The summed E-state index contributed by atoms with van der Waals surface area (Å²) in [7, 11) is 0. The fourth-order valence-electron chi connectivity index (χ4n) is 2.32. The lowest BCUT2D eigenvalue weighted by molar-refractivity contribution is 0.283. The lowest BCUT2D eigenvalue weighted by Crippen LogP contribution is -2.01. The van der Waals surface area contributed by atoms with Crippen LogP contribution >= 0.6 is 0 Å². The lowest BCUT2D eigenvalue weighted by Gasteiger charge is -2.12. The molecule has 0 radical (unpaired) electrons. The molecule has 17 heavy (non-hydrogen) atoms. The summed E-state index contributed by atoms with van der Waals surface area (Å²) >= 11 is 0. The van der Waals surface area contributed by atoms with Crippen LogP contribution in [0, 0.1) is 0 Å². The predicted octanol–water partition coefficient (Wildman–Crippen LogP) is 4.22. The molecule has 1 aliphatic rings. The Kier molecular flexibility index (Phi) is 2.45. The van der Waals surface area contributed by atoms with Crippen LogP contribution < -0.4 is 4.74 Å². The van der Waals surface area contributed by atoms with Gasteiger partial charge in [-0.05, 0) is 18.6 Å². The highest BCUT2D eigenvalue weighted by atomic mass is 16.5. The van der Waals surface area contributed by atoms with Crippen molar-refractivity contribution >= 4 is 5.57 Å². The Labute approximate surface area is 101 Å². The molecule has 0 aliphatic carbocycles. The lowest BCUT2D eigenvalue weighted by atomic mass is 9.97. The molecule has 0 bridgehead atoms. The van der Waals surface area contributed by atoms with Crippen molar-refractivity contribution in [2.75, 3.05) is 0 Å². The zero-order valence-corrected chi connectivity index (χ0v) is 9.76. The molecule has 3 rings (SSSR count). The van der Waals surface area contributed by atoms with Crippen molar-refractivity contribution < 1.29 is 4.74 Å². The largest absolute Gasteiger partial charge is 0.480 e. The molecule has 2 aromatic rings. The first-order valence-electron chi connectivity index (χ1n) is 5.87. The van der Waals surface area contributed by atoms with Crippen molar-refractivity contribution in [3.05, 3.63) is 71.8 Å². The zero-order chi connectivity index (χ0) is 11.7. The first-order valence-corrected chi connectivity index (χ1v) is 5.87. The maximum absolute atomic E-state index is 6.03. The van der Waals surface area contributed by atoms with E-state index in [4.69, 9.17) is 4.74 Å². The minimum absolute atomic E-state index is 0.0404. The van der Waals surface area contributed by atoms with Crippen molar-refractivity contribution in [1.82, 2.24) is 0 Å². The van der Waals surface area contributed by atoms with E-state index in [1.165, 1.54) is 16.7 Å². The van der Waals surface area contributed by atoms with Crippen LogP contribution in [0.5, 0.6) is 5.75 Å². The summed E-state index contributed by atoms with van der Waals surface area (Å²) in [4.78, 5) is 0. The molecular formula is C16H14O. The maximum atomic E-state index is 6.03. The van der Waals surface area contributed by atoms with Crippen molar-refractivity contribution in [3.8, 4) is 5.75 Å². The van der Waals surface area contributed by atoms with Gasteiger partial charge < -0.3 is 4.74 Å². The second-order valence-electron chi connectivity index (χ2n) is 4.15. The SMILES string of the molecule is C/C=C1\c2ccccc2O[C@H]1c1ccccc1. The zero-order valence-electron chi connectivity index (χ0n) is 9.76. The molecule has 0 spiro atoms. The third-order valence-corrected chi connectivity index (χ3v) is 3.14. The van der Waals surface area contributed by atoms with Gasteiger partial charge in [-0.3, -0.25) is 0 Å². The van der Waals surface area contributed by atoms with Gasteiger partial charge in [0.15, 0.2) is 0 Å². The van der Waals surface area contributed by atoms with E-state index in [9.17, 15) is 0 Å². The Morgan fingerprint density at radius 2 is 1.65 bits per heavy atom. The summed E-state index contributed by atoms with van der Waals surface area (Å²) < 4.78 is 6.03. The molecule has 0 aromatic heterocycles. The summed E-state index contributed by atoms with van der Waals surface area (Å²) in [6.07, 6.45) is 2.18. The van der Waals surface area contributed by atoms with E-state index in [0.717, 1.165) is 5.75 Å². The molecule has 0 amide bonds. The molecule has 84 valence electrons. The molecule has 1 heterocycles. The average molecular weight is 222 g/mol. The molecule has 1 aliphatic heterocycles. The minimum Gasteiger partial charge on any atom is -0.480 e. The summed E-state index contributed by atoms with van der Waals surface area (Å²) in [6.45, 7) is 2.07. The molecular weight excluding hydrogens is 208 g/mol. The van der Waals surface area contributed by atoms with Crippen molar-refractivity contribution in [2.24, 2.45) is 0 Å². The third-order valence-electron chi connectivity index (χ3n) is 3.14. The fourth-order valence-corrected chi connectivity index (χ4v) is 2.32. The van der Waals surface area contributed by atoms with Crippen LogP contribution in [0.15, 0.2) is 60.7 Å². The number of hydrogen-bond acceptors (Lipinski definition) is 1. The fraction of sp³-hybridized carbons (Fsp3) is 0.125. The van der Waals surface area contributed by atoms with Crippen molar-refractivity contribution in [3.63, 3.8) is 0 Å². The standard InChI is InChI=1S/C16H14O/c1-2-13-14-10-6-7-11-15(14)17-16(13)12-8-4-3-5-9-12/h2-11,16H,1H3/b13-2+/t16-/m0/s1. The molecule has 0 N–H and O–H groups in total. The smallest absolute Gasteiger partial charge is 0.149 e. The molecule has 1 atom stereocenters. The predicted molar refractivity (Wildman–Crippen MR) is 69.9 cm³/mol. The van der Waals surface area contributed by atoms with E-state index in [1.54, 1.807) is 0 Å². The third kappa shape index (κ3) is 1.64. The highest BCUT2D eigenvalue weighted by Crippen LogP contribution is 2.44. The highest BCUT2D eigenvalue weighted by molar-refractivity contribution is 5.78. The van der Waals surface area contributed by atoms with E-state index in [-0.39, 0.29) is 6.10 Å². The molecule has 0 unspecified atom stereocenters. The van der Waals surface area contributed by atoms with Gasteiger partial charge in [-0.1, -0.05) is 54.6 Å². The summed E-state index contributed by atoms with van der Waals surface area (Å²) in [5.41, 5.74) is 3.67. The molecule has 0 saturated carbocycles. The number of fused-ring (bicyclic) bond motifs is 1. The number of rotatable bonds is 1. The number of allylic oxidation sites excluding steroid dienone is 1. The Hall–Kier alpha value is -2.02. The van der Waals surface area contributed by atoms with Gasteiger partial charge in [0.25, 0.3) is 0 Å². The van der Waals surface area contributed by atoms with Crippen LogP contribution in [0.4, 0.5) is 0 Å². The molecule has 0 saturated heterocycles. The van der Waals surface area contributed by atoms with E-state index in [1.807, 2.05) is 18.2 Å². The summed E-state index contributed by atoms with van der Waals surface area (Å²) in [6, 6.07) is 18.6. The second-order valence-corrected chi connectivity index (χ2v) is 4.15. The van der Waals surface area contributed by atoms with E-state index >= 15 is 0 Å². The maximum Gasteiger partial charge on any atom is 0.149 e. The van der Waals surface area contributed by atoms with Crippen molar-refractivity contribution in [1.29, 1.82) is 0 Å². The van der Waals surface area contributed by atoms with Crippen LogP contribution in [0.3, 0.4) is 0 Å². The number of para-hydroxylation sites is 1. The molecule has 0 fully saturated rings. The first-order chi connectivity index (χ1) is 8.40. The quantitative estimate of drug-likeness (QED) is 0.701. The summed E-state index contributed by atoms with van der Waals surface area (Å²) in [5, 5.41) is 0. The topological polar surface area (TPSA) is 9.23 Å². The second kappa shape index (κ2) is 4.10. The number of benzene rings is 2. The Morgan fingerprint density at radius 1 is 0.941 bits per heavy atom. The Morgan fingerprint density at radius 3 is 2.41 bits per heavy atom. The number of hydrogen-bond donors (Lipinski definition) is 0. The number of ether oxygens (including phenoxy) is 1. The molecule has 2 aromatic carbocycles. The van der Waals surface area contributed by atoms with Gasteiger partial charge in [0.2, 0.25) is 0 Å². The first kappa shape index (κ1) is 10.2. The Bertz CT molecular complexity index is 555. The normalized spacial score (nSPS) is 20.1. The van der Waals surface area contributed by atoms with Gasteiger partial charge in [0.1, 0.15) is 11.9 Å². The van der Waals surface area contributed by atoms with Gasteiger partial charge >= 0.3 is 0 Å². The summed E-state index contributed by atoms with van der Waals surface area (Å²) in [5.74, 6) is 0.981. The van der Waals surface area contributed by atoms with Gasteiger partial charge in [-0.25, -0.2) is 0 Å². The monoisotopic (exact) mass is 222 g/mol. The van der Waals surface area contributed by atoms with Gasteiger partial charge in [-0.2, -0.15) is 0 Å². The van der Waals surface area contributed by atoms with E-state index in [0.29, 0.717) is 0 Å². The van der Waals surface area contributed by atoms with Crippen LogP contribution in [0.1, 0.15) is 24.2 Å². The molecule has 1 heteroatoms. The van der Waals surface area contributed by atoms with E-state index in [2.05, 4.69) is 49.4 Å². The molecule has 1 nitrogen and oxygen atoms in total. The highest BCUT2D eigenvalue weighted by Gasteiger charge is 2.28. The van der Waals surface area contributed by atoms with Crippen molar-refractivity contribution in [2.45, 2.75) is 13.0 Å². The van der Waals surface area contributed by atoms with Crippen LogP contribution in [0.2, 0.25) is 0 Å². The minimum atomic E-state index is 0.0404.